The van der Waals surface area contributed by atoms with Gasteiger partial charge in [-0.3, -0.25) is 4.79 Å². The number of thiophene rings is 1. The maximum Gasteiger partial charge on any atom is 0.326 e. The number of unbranched alkanes of at least 4 members (excludes halogenated alkanes) is 1. The van der Waals surface area contributed by atoms with Gasteiger partial charge in [0.25, 0.3) is 0 Å². The topological polar surface area (TPSA) is 178 Å². The molecular weight excluding hydrogens is 508 g/mol. The first-order chi connectivity index (χ1) is 17.2. The van der Waals surface area contributed by atoms with E-state index in [0.29, 0.717) is 19.4 Å². The number of nitrogens with one attached hydrogen (secondary N) is 3. The highest BCUT2D eigenvalue weighted by atomic mass is 32.1. The van der Waals surface area contributed by atoms with Crippen LogP contribution in [0.5, 0.6) is 0 Å². The van der Waals surface area contributed by atoms with Gasteiger partial charge in [0.2, 0.25) is 0 Å². The molecule has 0 spiro atoms. The van der Waals surface area contributed by atoms with Crippen LogP contribution in [0.25, 0.3) is 20.7 Å². The highest BCUT2D eigenvalue weighted by Gasteiger charge is 2.24. The average molecular weight is 535 g/mol. The van der Waals surface area contributed by atoms with Crippen LogP contribution in [0.3, 0.4) is 0 Å². The lowest BCUT2D eigenvalue weighted by molar-refractivity contribution is -0.140. The van der Waals surface area contributed by atoms with E-state index < -0.39 is 42.4 Å². The molecule has 2 atom stereocenters. The number of carboxylic acids is 3. The van der Waals surface area contributed by atoms with Crippen molar-refractivity contribution in [1.29, 1.82) is 0 Å². The number of rotatable bonds is 14. The summed E-state index contributed by atoms with van der Waals surface area (Å²) >= 11 is 3.16. The first-order valence-electron chi connectivity index (χ1n) is 11.2. The molecule has 3 aromatic rings. The molecule has 0 aliphatic carbocycles. The Morgan fingerprint density at radius 3 is 2.31 bits per heavy atom. The number of anilines is 1. The van der Waals surface area contributed by atoms with E-state index in [2.05, 4.69) is 39.1 Å². The van der Waals surface area contributed by atoms with E-state index in [4.69, 9.17) is 10.2 Å². The zero-order valence-electron chi connectivity index (χ0n) is 19.1. The van der Waals surface area contributed by atoms with Crippen LogP contribution in [0.2, 0.25) is 0 Å². The molecule has 0 radical (unpaired) electrons. The molecule has 1 aromatic carbocycles. The lowest BCUT2D eigenvalue weighted by atomic mass is 10.1. The Balaban J connectivity index is 1.41. The van der Waals surface area contributed by atoms with Crippen LogP contribution in [0, 0.1) is 0 Å². The van der Waals surface area contributed by atoms with E-state index in [1.165, 1.54) is 21.4 Å². The average Bonchev–Trinajstić information content (AvgIpc) is 3.47. The number of carboxylic acid groups (broad SMARTS) is 3. The van der Waals surface area contributed by atoms with Crippen molar-refractivity contribution in [2.75, 3.05) is 11.9 Å². The number of hydrogen-bond acceptors (Lipinski definition) is 8. The molecule has 2 unspecified atom stereocenters. The SMILES string of the molecule is O=C(O)CCC(NC(=O)NC(CCCCNc1nc(-c2cc3ccccc3s2)cs1)C(=O)O)C(=O)O. The zero-order chi connectivity index (χ0) is 26.1. The number of nitrogens with zero attached hydrogens (tertiary/aromatic N) is 1. The Bertz CT molecular complexity index is 1190. The lowest BCUT2D eigenvalue weighted by Crippen LogP contribution is -2.51. The van der Waals surface area contributed by atoms with Crippen molar-refractivity contribution in [1.82, 2.24) is 15.6 Å². The minimum absolute atomic E-state index is 0.141. The largest absolute Gasteiger partial charge is 0.481 e. The Morgan fingerprint density at radius 2 is 1.64 bits per heavy atom. The molecule has 0 bridgehead atoms. The molecule has 6 N–H and O–H groups in total. The van der Waals surface area contributed by atoms with E-state index >= 15 is 0 Å². The predicted octanol–water partition coefficient (Wildman–Crippen LogP) is 3.68. The molecule has 0 fully saturated rings. The van der Waals surface area contributed by atoms with Crippen molar-refractivity contribution in [2.24, 2.45) is 0 Å². The normalized spacial score (nSPS) is 12.6. The van der Waals surface area contributed by atoms with Crippen molar-refractivity contribution in [3.05, 3.63) is 35.7 Å². The van der Waals surface area contributed by atoms with E-state index in [1.807, 2.05) is 17.5 Å². The van der Waals surface area contributed by atoms with Crippen molar-refractivity contribution in [3.8, 4) is 10.6 Å². The Hall–Kier alpha value is -3.71. The number of carbonyl (C=O) groups is 4. The quantitative estimate of drug-likeness (QED) is 0.168. The third-order valence-corrected chi connectivity index (χ3v) is 7.17. The second-order valence-corrected chi connectivity index (χ2v) is 9.88. The van der Waals surface area contributed by atoms with E-state index in [-0.39, 0.29) is 12.8 Å². The first-order valence-corrected chi connectivity index (χ1v) is 12.9. The Labute approximate surface area is 214 Å². The van der Waals surface area contributed by atoms with Crippen molar-refractivity contribution in [2.45, 2.75) is 44.2 Å². The van der Waals surface area contributed by atoms with Crippen LogP contribution < -0.4 is 16.0 Å². The number of fused-ring (bicyclic) bond motifs is 1. The summed E-state index contributed by atoms with van der Waals surface area (Å²) in [4.78, 5) is 51.1. The van der Waals surface area contributed by atoms with Crippen molar-refractivity contribution >= 4 is 61.8 Å². The number of benzene rings is 1. The van der Waals surface area contributed by atoms with Gasteiger partial charge in [0, 0.05) is 23.0 Å². The third kappa shape index (κ3) is 7.92. The van der Waals surface area contributed by atoms with E-state index in [0.717, 1.165) is 15.7 Å². The maximum atomic E-state index is 12.1. The predicted molar refractivity (Wildman–Crippen MR) is 137 cm³/mol. The van der Waals surface area contributed by atoms with Crippen molar-refractivity contribution < 1.29 is 34.5 Å². The van der Waals surface area contributed by atoms with Gasteiger partial charge in [-0.25, -0.2) is 19.4 Å². The molecule has 36 heavy (non-hydrogen) atoms. The molecule has 11 nitrogen and oxygen atoms in total. The summed E-state index contributed by atoms with van der Waals surface area (Å²) < 4.78 is 1.20. The molecule has 3 rings (SSSR count). The number of hydrogen-bond donors (Lipinski definition) is 6. The highest BCUT2D eigenvalue weighted by Crippen LogP contribution is 2.34. The fourth-order valence-electron chi connectivity index (χ4n) is 3.39. The minimum atomic E-state index is -1.43. The summed E-state index contributed by atoms with van der Waals surface area (Å²) in [5, 5.41) is 38.7. The van der Waals surface area contributed by atoms with E-state index in [1.54, 1.807) is 11.3 Å². The van der Waals surface area contributed by atoms with Gasteiger partial charge in [-0.2, -0.15) is 0 Å². The summed E-state index contributed by atoms with van der Waals surface area (Å²) in [6.45, 7) is 0.564. The van der Waals surface area contributed by atoms with Crippen LogP contribution in [-0.2, 0) is 14.4 Å². The number of aromatic nitrogens is 1. The van der Waals surface area contributed by atoms with Gasteiger partial charge in [-0.1, -0.05) is 18.2 Å². The van der Waals surface area contributed by atoms with Gasteiger partial charge in [0.15, 0.2) is 5.13 Å². The second kappa shape index (κ2) is 12.8. The molecule has 0 aliphatic rings. The number of thiazole rings is 1. The Kier molecular flexibility index (Phi) is 9.59. The van der Waals surface area contributed by atoms with Gasteiger partial charge >= 0.3 is 23.9 Å². The Morgan fingerprint density at radius 1 is 0.944 bits per heavy atom. The molecule has 0 saturated heterocycles. The highest BCUT2D eigenvalue weighted by molar-refractivity contribution is 7.22. The minimum Gasteiger partial charge on any atom is -0.481 e. The summed E-state index contributed by atoms with van der Waals surface area (Å²) in [5.41, 5.74) is 0.896. The fraction of sp³-hybridized carbons (Fsp3) is 0.348. The van der Waals surface area contributed by atoms with Gasteiger partial charge in [-0.15, -0.1) is 22.7 Å². The number of carbonyl (C=O) groups excluding carboxylic acids is 1. The van der Waals surface area contributed by atoms with Crippen molar-refractivity contribution in [3.63, 3.8) is 0 Å². The van der Waals surface area contributed by atoms with Gasteiger partial charge in [0.1, 0.15) is 12.1 Å². The zero-order valence-corrected chi connectivity index (χ0v) is 20.7. The second-order valence-electron chi connectivity index (χ2n) is 7.94. The molecule has 2 heterocycles. The smallest absolute Gasteiger partial charge is 0.326 e. The number of amides is 2. The van der Waals surface area contributed by atoms with Gasteiger partial charge < -0.3 is 31.3 Å². The summed E-state index contributed by atoms with van der Waals surface area (Å²) in [7, 11) is 0. The van der Waals surface area contributed by atoms with Gasteiger partial charge in [0.05, 0.1) is 10.6 Å². The van der Waals surface area contributed by atoms with Gasteiger partial charge in [-0.05, 0) is 43.2 Å². The fourth-order valence-corrected chi connectivity index (χ4v) is 5.22. The molecule has 0 aliphatic heterocycles. The number of urea groups is 1. The molecule has 13 heteroatoms. The van der Waals surface area contributed by atoms with E-state index in [9.17, 15) is 24.3 Å². The first kappa shape index (κ1) is 26.9. The summed E-state index contributed by atoms with van der Waals surface area (Å²) in [6, 6.07) is 6.62. The molecule has 2 amide bonds. The van der Waals surface area contributed by atoms with Crippen LogP contribution in [0.15, 0.2) is 35.7 Å². The summed E-state index contributed by atoms with van der Waals surface area (Å²) in [5.74, 6) is -3.85. The maximum absolute atomic E-state index is 12.1. The summed E-state index contributed by atoms with van der Waals surface area (Å²) in [6.07, 6.45) is 0.490. The number of aliphatic carboxylic acids is 3. The molecular formula is C23H26N4O7S2. The molecule has 2 aromatic heterocycles. The van der Waals surface area contributed by atoms with Crippen LogP contribution in [0.4, 0.5) is 9.93 Å². The molecule has 0 saturated carbocycles. The van der Waals surface area contributed by atoms with Crippen LogP contribution >= 0.6 is 22.7 Å². The lowest BCUT2D eigenvalue weighted by Gasteiger charge is -2.18. The third-order valence-electron chi connectivity index (χ3n) is 5.23. The van der Waals surface area contributed by atoms with Crippen LogP contribution in [0.1, 0.15) is 32.1 Å². The standard InChI is InChI=1S/C23H26N4O7S2/c28-19(29)9-8-15(21(32)33)26-22(34)25-14(20(30)31)6-3-4-10-24-23-27-16(12-35-23)18-11-13-5-1-2-7-17(13)36-18/h1-2,5,7,11-12,14-15H,3-4,6,8-10H2,(H,24,27)(H,28,29)(H,30,31)(H,32,33)(H2,25,26,34). The monoisotopic (exact) mass is 534 g/mol. The molecule has 192 valence electrons. The van der Waals surface area contributed by atoms with Crippen LogP contribution in [-0.4, -0.2) is 62.9 Å².